The van der Waals surface area contributed by atoms with Gasteiger partial charge in [0, 0.05) is 56.5 Å². The van der Waals surface area contributed by atoms with Crippen LogP contribution in [0.15, 0.2) is 48.7 Å². The van der Waals surface area contributed by atoms with Gasteiger partial charge in [0.1, 0.15) is 37.1 Å². The minimum Gasteiger partial charge on any atom is -0.492 e. The van der Waals surface area contributed by atoms with Crippen molar-refractivity contribution in [1.29, 1.82) is 0 Å². The highest BCUT2D eigenvalue weighted by Crippen LogP contribution is 2.28. The summed E-state index contributed by atoms with van der Waals surface area (Å²) in [6.07, 6.45) is 1.91. The predicted molar refractivity (Wildman–Crippen MR) is 149 cm³/mol. The van der Waals surface area contributed by atoms with Gasteiger partial charge >= 0.3 is 0 Å². The molecule has 3 aromatic rings. The highest BCUT2D eigenvalue weighted by Gasteiger charge is 2.12. The Balaban J connectivity index is 1.22. The lowest BCUT2D eigenvalue weighted by atomic mass is 10.0. The summed E-state index contributed by atoms with van der Waals surface area (Å²) in [6, 6.07) is 14.0. The molecule has 1 aromatic heterocycles. The van der Waals surface area contributed by atoms with Crippen LogP contribution in [-0.2, 0) is 11.3 Å². The van der Waals surface area contributed by atoms with E-state index in [2.05, 4.69) is 51.4 Å². The summed E-state index contributed by atoms with van der Waals surface area (Å²) in [4.78, 5) is 4.64. The minimum absolute atomic E-state index is 0.446. The maximum atomic E-state index is 6.02. The lowest BCUT2D eigenvalue weighted by Gasteiger charge is -2.26. The summed E-state index contributed by atoms with van der Waals surface area (Å²) < 4.78 is 23.2. The van der Waals surface area contributed by atoms with Gasteiger partial charge in [-0.15, -0.1) is 0 Å². The molecule has 0 amide bonds. The predicted octanol–water partition coefficient (Wildman–Crippen LogP) is 3.21. The van der Waals surface area contributed by atoms with Gasteiger partial charge in [-0.2, -0.15) is 5.10 Å². The standard InChI is InChI=1S/C29H41N5O4/c1-23-19-24(29-25(21-31-32-29)22-33(3)10-9-30-2)7-8-28(23)38-18-17-37-27-6-4-5-26(20-27)36-16-13-34-11-14-35-15-12-34/h4-8,19-21,30H,9-18,22H2,1-3H3,(H,31,32). The number of hydrogen-bond acceptors (Lipinski definition) is 8. The molecule has 9 heteroatoms. The number of rotatable bonds is 15. The zero-order valence-corrected chi connectivity index (χ0v) is 22.9. The van der Waals surface area contributed by atoms with Crippen molar-refractivity contribution in [3.63, 3.8) is 0 Å². The van der Waals surface area contributed by atoms with Gasteiger partial charge in [-0.3, -0.25) is 10.00 Å². The van der Waals surface area contributed by atoms with Crippen molar-refractivity contribution >= 4 is 0 Å². The van der Waals surface area contributed by atoms with Gasteiger partial charge in [-0.05, 0) is 56.9 Å². The van der Waals surface area contributed by atoms with Crippen LogP contribution in [0.1, 0.15) is 11.1 Å². The topological polar surface area (TPSA) is 84.1 Å². The van der Waals surface area contributed by atoms with E-state index in [-0.39, 0.29) is 0 Å². The van der Waals surface area contributed by atoms with Gasteiger partial charge in [-0.25, -0.2) is 0 Å². The van der Waals surface area contributed by atoms with E-state index in [1.54, 1.807) is 0 Å². The van der Waals surface area contributed by atoms with E-state index in [9.17, 15) is 0 Å². The number of ether oxygens (including phenoxy) is 4. The zero-order valence-electron chi connectivity index (χ0n) is 22.9. The van der Waals surface area contributed by atoms with E-state index < -0.39 is 0 Å². The van der Waals surface area contributed by atoms with Gasteiger partial charge in [0.05, 0.1) is 25.1 Å². The number of aryl methyl sites for hydroxylation is 1. The van der Waals surface area contributed by atoms with Gasteiger partial charge in [0.25, 0.3) is 0 Å². The summed E-state index contributed by atoms with van der Waals surface area (Å²) in [5.41, 5.74) is 4.40. The number of benzene rings is 2. The molecule has 1 aliphatic heterocycles. The maximum absolute atomic E-state index is 6.02. The number of hydrogen-bond donors (Lipinski definition) is 2. The number of aromatic nitrogens is 2. The first kappa shape index (κ1) is 27.9. The van der Waals surface area contributed by atoms with Crippen LogP contribution in [0.3, 0.4) is 0 Å². The van der Waals surface area contributed by atoms with E-state index in [4.69, 9.17) is 18.9 Å². The largest absolute Gasteiger partial charge is 0.492 e. The Morgan fingerprint density at radius 3 is 2.55 bits per heavy atom. The fraction of sp³-hybridized carbons (Fsp3) is 0.483. The van der Waals surface area contributed by atoms with Crippen LogP contribution in [0.5, 0.6) is 17.2 Å². The Morgan fingerprint density at radius 1 is 1.03 bits per heavy atom. The summed E-state index contributed by atoms with van der Waals surface area (Å²) in [5, 5.41) is 10.6. The highest BCUT2D eigenvalue weighted by atomic mass is 16.5. The number of H-pyrrole nitrogens is 1. The van der Waals surface area contributed by atoms with Crippen molar-refractivity contribution < 1.29 is 18.9 Å². The normalized spacial score (nSPS) is 14.1. The van der Waals surface area contributed by atoms with Gasteiger partial charge in [0.15, 0.2) is 0 Å². The molecule has 1 saturated heterocycles. The Morgan fingerprint density at radius 2 is 1.79 bits per heavy atom. The smallest absolute Gasteiger partial charge is 0.123 e. The van der Waals surface area contributed by atoms with Crippen LogP contribution in [-0.4, -0.2) is 99.9 Å². The molecule has 2 aromatic carbocycles. The fourth-order valence-electron chi connectivity index (χ4n) is 4.40. The van der Waals surface area contributed by atoms with Crippen LogP contribution < -0.4 is 19.5 Å². The molecule has 0 saturated carbocycles. The van der Waals surface area contributed by atoms with Crippen LogP contribution in [0, 0.1) is 6.92 Å². The number of aromatic amines is 1. The minimum atomic E-state index is 0.446. The fourth-order valence-corrected chi connectivity index (χ4v) is 4.40. The van der Waals surface area contributed by atoms with Gasteiger partial charge < -0.3 is 29.2 Å². The molecule has 4 rings (SSSR count). The van der Waals surface area contributed by atoms with Gasteiger partial charge in [0.2, 0.25) is 0 Å². The Hall–Kier alpha value is -3.11. The third-order valence-electron chi connectivity index (χ3n) is 6.56. The number of morpholine rings is 1. The molecular formula is C29H41N5O4. The first-order chi connectivity index (χ1) is 18.6. The molecule has 0 unspecified atom stereocenters. The maximum Gasteiger partial charge on any atom is 0.123 e. The van der Waals surface area contributed by atoms with Crippen molar-refractivity contribution in [3.05, 3.63) is 59.8 Å². The number of nitrogens with zero attached hydrogens (tertiary/aromatic N) is 3. The average Bonchev–Trinajstić information content (AvgIpc) is 3.39. The Bertz CT molecular complexity index is 1120. The van der Waals surface area contributed by atoms with Crippen LogP contribution in [0.4, 0.5) is 0 Å². The van der Waals surface area contributed by atoms with E-state index >= 15 is 0 Å². The first-order valence-electron chi connectivity index (χ1n) is 13.4. The van der Waals surface area contributed by atoms with Crippen LogP contribution in [0.25, 0.3) is 11.3 Å². The molecular weight excluding hydrogens is 482 g/mol. The van der Waals surface area contributed by atoms with Crippen molar-refractivity contribution in [2.75, 3.05) is 79.9 Å². The van der Waals surface area contributed by atoms with Crippen molar-refractivity contribution in [2.24, 2.45) is 0 Å². The zero-order chi connectivity index (χ0) is 26.6. The third kappa shape index (κ3) is 8.46. The molecule has 206 valence electrons. The number of likely N-dealkylation sites (N-methyl/N-ethyl adjacent to an activating group) is 2. The summed E-state index contributed by atoms with van der Waals surface area (Å²) in [6.45, 7) is 10.8. The van der Waals surface area contributed by atoms with E-state index in [0.717, 1.165) is 86.6 Å². The lowest BCUT2D eigenvalue weighted by Crippen LogP contribution is -2.38. The second kappa shape index (κ2) is 14.7. The van der Waals surface area contributed by atoms with Crippen molar-refractivity contribution in [1.82, 2.24) is 25.3 Å². The van der Waals surface area contributed by atoms with Crippen molar-refractivity contribution in [3.8, 4) is 28.5 Å². The van der Waals surface area contributed by atoms with Gasteiger partial charge in [-0.1, -0.05) is 6.07 Å². The molecule has 0 atom stereocenters. The molecule has 2 N–H and O–H groups in total. The van der Waals surface area contributed by atoms with Crippen LogP contribution >= 0.6 is 0 Å². The Labute approximate surface area is 226 Å². The molecule has 0 aliphatic carbocycles. The molecule has 9 nitrogen and oxygen atoms in total. The second-order valence-electron chi connectivity index (χ2n) is 9.57. The Kier molecular flexibility index (Phi) is 10.8. The number of nitrogens with one attached hydrogen (secondary N) is 2. The van der Waals surface area contributed by atoms with Crippen LogP contribution in [0.2, 0.25) is 0 Å². The van der Waals surface area contributed by atoms with E-state index in [1.165, 1.54) is 5.56 Å². The summed E-state index contributed by atoms with van der Waals surface area (Å²) >= 11 is 0. The van der Waals surface area contributed by atoms with Crippen molar-refractivity contribution in [2.45, 2.75) is 13.5 Å². The molecule has 1 fully saturated rings. The van der Waals surface area contributed by atoms with E-state index in [0.29, 0.717) is 19.8 Å². The molecule has 0 bridgehead atoms. The monoisotopic (exact) mass is 523 g/mol. The molecule has 2 heterocycles. The summed E-state index contributed by atoms with van der Waals surface area (Å²) in [5.74, 6) is 2.44. The second-order valence-corrected chi connectivity index (χ2v) is 9.57. The molecule has 38 heavy (non-hydrogen) atoms. The first-order valence-corrected chi connectivity index (χ1v) is 13.4. The van der Waals surface area contributed by atoms with E-state index in [1.807, 2.05) is 43.6 Å². The summed E-state index contributed by atoms with van der Waals surface area (Å²) in [7, 11) is 4.09. The molecule has 0 spiro atoms. The molecule has 0 radical (unpaired) electrons. The average molecular weight is 524 g/mol. The lowest BCUT2D eigenvalue weighted by molar-refractivity contribution is 0.0322. The SMILES string of the molecule is CNCCN(C)Cc1cn[nH]c1-c1ccc(OCCOc2cccc(OCCN3CCOCC3)c2)c(C)c1. The highest BCUT2D eigenvalue weighted by molar-refractivity contribution is 5.65. The third-order valence-corrected chi connectivity index (χ3v) is 6.56. The quantitative estimate of drug-likeness (QED) is 0.294. The molecule has 1 aliphatic rings.